The molecule has 0 spiro atoms. The van der Waals surface area contributed by atoms with E-state index in [9.17, 15) is 0 Å². The van der Waals surface area contributed by atoms with Crippen molar-refractivity contribution < 1.29 is 0 Å². The summed E-state index contributed by atoms with van der Waals surface area (Å²) in [4.78, 5) is 0. The van der Waals surface area contributed by atoms with Crippen LogP contribution in [-0.4, -0.2) is 13.3 Å². The van der Waals surface area contributed by atoms with Crippen molar-refractivity contribution in [3.63, 3.8) is 0 Å². The van der Waals surface area contributed by atoms with E-state index in [1.165, 1.54) is 0 Å². The van der Waals surface area contributed by atoms with Crippen LogP contribution in [0.2, 0.25) is 0 Å². The predicted molar refractivity (Wildman–Crippen MR) is 30.5 cm³/mol. The molecule has 0 bridgehead atoms. The van der Waals surface area contributed by atoms with E-state index in [0.717, 1.165) is 0 Å². The normalized spacial score (nSPS) is 12.0. The van der Waals surface area contributed by atoms with Crippen molar-refractivity contribution in [3.05, 3.63) is 0 Å². The van der Waals surface area contributed by atoms with Gasteiger partial charge in [-0.05, 0) is 13.3 Å². The monoisotopic (exact) mass is 131 g/mol. The first-order valence-electron chi connectivity index (χ1n) is 1.23. The molecule has 0 fully saturated rings. The zero-order valence-electron chi connectivity index (χ0n) is 3.20. The third-order valence-corrected chi connectivity index (χ3v) is 0. The van der Waals surface area contributed by atoms with E-state index in [2.05, 4.69) is 0 Å². The van der Waals surface area contributed by atoms with Crippen molar-refractivity contribution in [2.45, 2.75) is 0 Å². The first-order valence-corrected chi connectivity index (χ1v) is 5.73. The maximum atomic E-state index is 5.41. The quantitative estimate of drug-likeness (QED) is 0.444. The summed E-state index contributed by atoms with van der Waals surface area (Å²) in [6.45, 7) is 3.66. The Bertz CT molecular complexity index is 23.1. The highest BCUT2D eigenvalue weighted by atomic mass is 35.9. The lowest BCUT2D eigenvalue weighted by molar-refractivity contribution is 2.27. The lowest BCUT2D eigenvalue weighted by atomic mass is 11.9. The van der Waals surface area contributed by atoms with Crippen LogP contribution >= 0.6 is 28.4 Å². The molecule has 3 heteroatoms. The molecule has 33 valence electrons. The molecule has 0 atom stereocenters. The fourth-order valence-corrected chi connectivity index (χ4v) is 0. The summed E-state index contributed by atoms with van der Waals surface area (Å²) in [5.41, 5.74) is 0. The summed E-state index contributed by atoms with van der Waals surface area (Å²) in [7, 11) is 0. The molecule has 0 saturated carbocycles. The van der Waals surface area contributed by atoms with Crippen molar-refractivity contribution in [2.24, 2.45) is 0 Å². The summed E-state index contributed by atoms with van der Waals surface area (Å²) in [5, 5.41) is 0. The van der Waals surface area contributed by atoms with Gasteiger partial charge in [-0.2, -0.15) is 0 Å². The Morgan fingerprint density at radius 3 is 1.20 bits per heavy atom. The Labute approximate surface area is 42.4 Å². The van der Waals surface area contributed by atoms with Crippen molar-refractivity contribution in [3.8, 4) is 0 Å². The molecular formula is C2H6Cl2P. The second-order valence-electron chi connectivity index (χ2n) is 1.19. The Kier molecular flexibility index (Phi) is 1.97. The highest BCUT2D eigenvalue weighted by Gasteiger charge is 1.99. The molecule has 0 aromatic carbocycles. The van der Waals surface area contributed by atoms with Crippen LogP contribution in [0, 0.1) is 0 Å². The van der Waals surface area contributed by atoms with Crippen molar-refractivity contribution in [1.29, 1.82) is 0 Å². The van der Waals surface area contributed by atoms with E-state index in [1.807, 2.05) is 13.3 Å². The first-order chi connectivity index (χ1) is 2.00. The van der Waals surface area contributed by atoms with Crippen LogP contribution in [0.4, 0.5) is 0 Å². The Morgan fingerprint density at radius 2 is 1.20 bits per heavy atom. The highest BCUT2D eigenvalue weighted by Crippen LogP contribution is 2.61. The molecule has 0 aliphatic heterocycles. The third kappa shape index (κ3) is 44.5. The standard InChI is InChI=1S/C2H6Cl2P/c1-5(2,3)4/h1-2H3. The minimum atomic E-state index is -1.44. The smallest absolute Gasteiger partial charge is 0.0357 e. The molecule has 0 rings (SSSR count). The SMILES string of the molecule is C[P](C)(Cl)Cl. The maximum absolute atomic E-state index is 5.41. The van der Waals surface area contributed by atoms with E-state index < -0.39 is 5.97 Å². The van der Waals surface area contributed by atoms with Crippen LogP contribution in [0.5, 0.6) is 0 Å². The molecule has 0 heterocycles. The summed E-state index contributed by atoms with van der Waals surface area (Å²) < 4.78 is 0. The van der Waals surface area contributed by atoms with Crippen molar-refractivity contribution >= 4 is 28.4 Å². The summed E-state index contributed by atoms with van der Waals surface area (Å²) >= 11 is 10.8. The van der Waals surface area contributed by atoms with E-state index in [0.29, 0.717) is 0 Å². The lowest BCUT2D eigenvalue weighted by Crippen LogP contribution is -1.54. The maximum Gasteiger partial charge on any atom is 0.0357 e. The van der Waals surface area contributed by atoms with E-state index >= 15 is 0 Å². The Hall–Kier alpha value is 1.01. The van der Waals surface area contributed by atoms with Gasteiger partial charge in [0.15, 0.2) is 0 Å². The molecule has 0 N–H and O–H groups in total. The molecule has 1 radical (unpaired) electrons. The minimum absolute atomic E-state index is 1.44. The first kappa shape index (κ1) is 6.01. The zero-order chi connectivity index (χ0) is 4.50. The van der Waals surface area contributed by atoms with Crippen LogP contribution in [0.25, 0.3) is 0 Å². The fraction of sp³-hybridized carbons (Fsp3) is 1.00. The summed E-state index contributed by atoms with van der Waals surface area (Å²) in [6.07, 6.45) is 0. The largest absolute Gasteiger partial charge is 0.0855 e. The average molecular weight is 132 g/mol. The number of rotatable bonds is 0. The van der Waals surface area contributed by atoms with Crippen LogP contribution in [-0.2, 0) is 0 Å². The molecule has 0 amide bonds. The Balaban J connectivity index is 3.02. The number of hydrogen-bond acceptors (Lipinski definition) is 0. The zero-order valence-corrected chi connectivity index (χ0v) is 5.61. The molecule has 0 unspecified atom stereocenters. The third-order valence-electron chi connectivity index (χ3n) is 0. The number of hydrogen-bond donors (Lipinski definition) is 0. The predicted octanol–water partition coefficient (Wildman–Crippen LogP) is 2.57. The lowest BCUT2D eigenvalue weighted by Gasteiger charge is -2.01. The second-order valence-corrected chi connectivity index (χ2v) is 9.15. The minimum Gasteiger partial charge on any atom is -0.0855 e. The van der Waals surface area contributed by atoms with Crippen LogP contribution in [0.1, 0.15) is 0 Å². The fourth-order valence-electron chi connectivity index (χ4n) is 0. The molecule has 0 aliphatic rings. The van der Waals surface area contributed by atoms with Crippen LogP contribution < -0.4 is 0 Å². The molecule has 5 heavy (non-hydrogen) atoms. The topological polar surface area (TPSA) is 0 Å². The van der Waals surface area contributed by atoms with E-state index in [-0.39, 0.29) is 0 Å². The molecule has 0 aliphatic carbocycles. The molecule has 0 aromatic heterocycles. The summed E-state index contributed by atoms with van der Waals surface area (Å²) in [5.74, 6) is -1.44. The van der Waals surface area contributed by atoms with Gasteiger partial charge in [-0.1, -0.05) is 22.5 Å². The van der Waals surface area contributed by atoms with Gasteiger partial charge in [-0.15, -0.1) is 0 Å². The van der Waals surface area contributed by atoms with Crippen molar-refractivity contribution in [1.82, 2.24) is 0 Å². The number of halogens is 2. The van der Waals surface area contributed by atoms with Gasteiger partial charge in [0.1, 0.15) is 0 Å². The molecule has 0 nitrogen and oxygen atoms in total. The Morgan fingerprint density at radius 1 is 1.20 bits per heavy atom. The molecule has 0 saturated heterocycles. The van der Waals surface area contributed by atoms with E-state index in [4.69, 9.17) is 22.5 Å². The van der Waals surface area contributed by atoms with Gasteiger partial charge >= 0.3 is 0 Å². The highest BCUT2D eigenvalue weighted by molar-refractivity contribution is 8.16. The summed E-state index contributed by atoms with van der Waals surface area (Å²) in [6, 6.07) is 0. The van der Waals surface area contributed by atoms with Gasteiger partial charge in [0.25, 0.3) is 0 Å². The molecule has 0 aromatic rings. The van der Waals surface area contributed by atoms with Gasteiger partial charge in [-0.25, -0.2) is 0 Å². The van der Waals surface area contributed by atoms with Gasteiger partial charge in [0.05, 0.1) is 0 Å². The second kappa shape index (κ2) is 1.64. The molecular weight excluding hydrogens is 126 g/mol. The van der Waals surface area contributed by atoms with Gasteiger partial charge in [-0.3, -0.25) is 0 Å². The van der Waals surface area contributed by atoms with Crippen LogP contribution in [0.3, 0.4) is 0 Å². The van der Waals surface area contributed by atoms with Gasteiger partial charge in [0.2, 0.25) is 0 Å². The van der Waals surface area contributed by atoms with Crippen LogP contribution in [0.15, 0.2) is 0 Å². The van der Waals surface area contributed by atoms with Gasteiger partial charge < -0.3 is 0 Å². The van der Waals surface area contributed by atoms with Crippen molar-refractivity contribution in [2.75, 3.05) is 13.3 Å². The average Bonchev–Trinajstić information content (AvgIpc) is 0.722. The van der Waals surface area contributed by atoms with E-state index in [1.54, 1.807) is 0 Å². The van der Waals surface area contributed by atoms with Gasteiger partial charge in [0, 0.05) is 5.97 Å².